The van der Waals surface area contributed by atoms with Gasteiger partial charge in [-0.15, -0.1) is 0 Å². The summed E-state index contributed by atoms with van der Waals surface area (Å²) in [7, 11) is 2.71. The van der Waals surface area contributed by atoms with Crippen LogP contribution in [0.15, 0.2) is 12.1 Å². The van der Waals surface area contributed by atoms with Crippen LogP contribution in [0, 0.1) is 0 Å². The molecule has 0 aliphatic rings. The van der Waals surface area contributed by atoms with Crippen LogP contribution in [0.2, 0.25) is 10.0 Å². The zero-order chi connectivity index (χ0) is 12.3. The summed E-state index contributed by atoms with van der Waals surface area (Å²) in [4.78, 5) is 11.2. The van der Waals surface area contributed by atoms with E-state index in [2.05, 4.69) is 4.74 Å². The van der Waals surface area contributed by atoms with Gasteiger partial charge in [-0.25, -0.2) is 0 Å². The van der Waals surface area contributed by atoms with E-state index in [9.17, 15) is 4.79 Å². The topological polar surface area (TPSA) is 61.5 Å². The zero-order valence-electron chi connectivity index (χ0n) is 8.79. The lowest BCUT2D eigenvalue weighted by molar-refractivity contribution is -0.142. The number of carbonyl (C=O) groups is 1. The van der Waals surface area contributed by atoms with Crippen LogP contribution in [0.3, 0.4) is 0 Å². The maximum Gasteiger partial charge on any atom is 0.327 e. The Kier molecular flexibility index (Phi) is 4.41. The van der Waals surface area contributed by atoms with Gasteiger partial charge in [0.2, 0.25) is 0 Å². The first-order valence-electron chi connectivity index (χ1n) is 4.37. The minimum Gasteiger partial charge on any atom is -0.494 e. The van der Waals surface area contributed by atoms with E-state index in [-0.39, 0.29) is 0 Å². The Morgan fingerprint density at radius 1 is 1.31 bits per heavy atom. The summed E-state index contributed by atoms with van der Waals surface area (Å²) in [6.07, 6.45) is 0. The molecule has 4 nitrogen and oxygen atoms in total. The molecule has 0 aliphatic carbocycles. The molecular formula is C10H11Cl2NO3. The van der Waals surface area contributed by atoms with E-state index in [0.29, 0.717) is 21.4 Å². The molecule has 1 rings (SSSR count). The highest BCUT2D eigenvalue weighted by molar-refractivity contribution is 6.37. The van der Waals surface area contributed by atoms with E-state index in [1.165, 1.54) is 26.4 Å². The van der Waals surface area contributed by atoms with Crippen molar-refractivity contribution in [3.05, 3.63) is 27.7 Å². The van der Waals surface area contributed by atoms with Gasteiger partial charge in [-0.3, -0.25) is 4.79 Å². The minimum absolute atomic E-state index is 0.296. The number of carbonyl (C=O) groups excluding carboxylic acids is 1. The fourth-order valence-corrected chi connectivity index (χ4v) is 1.88. The fourth-order valence-electron chi connectivity index (χ4n) is 1.22. The van der Waals surface area contributed by atoms with Crippen LogP contribution in [-0.4, -0.2) is 20.2 Å². The van der Waals surface area contributed by atoms with E-state index in [0.717, 1.165) is 0 Å². The third-order valence-electron chi connectivity index (χ3n) is 2.04. The van der Waals surface area contributed by atoms with Crippen molar-refractivity contribution in [2.24, 2.45) is 5.73 Å². The molecule has 88 valence electrons. The molecule has 1 atom stereocenters. The van der Waals surface area contributed by atoms with Gasteiger partial charge >= 0.3 is 5.97 Å². The summed E-state index contributed by atoms with van der Waals surface area (Å²) in [5, 5.41) is 0.591. The van der Waals surface area contributed by atoms with Crippen molar-refractivity contribution < 1.29 is 14.3 Å². The molecule has 0 aliphatic heterocycles. The summed E-state index contributed by atoms with van der Waals surface area (Å²) in [6, 6.07) is 2.13. The molecule has 0 aromatic heterocycles. The number of methoxy groups -OCH3 is 2. The van der Waals surface area contributed by atoms with E-state index in [1.807, 2.05) is 0 Å². The Morgan fingerprint density at radius 2 is 1.81 bits per heavy atom. The Morgan fingerprint density at radius 3 is 2.19 bits per heavy atom. The molecule has 1 aromatic carbocycles. The highest BCUT2D eigenvalue weighted by atomic mass is 35.5. The molecule has 0 heterocycles. The maximum atomic E-state index is 11.2. The SMILES string of the molecule is COC(=O)[C@H](N)c1cc(Cl)c(OC)c(Cl)c1. The third kappa shape index (κ3) is 2.58. The van der Waals surface area contributed by atoms with Gasteiger partial charge in [-0.1, -0.05) is 23.2 Å². The Hall–Kier alpha value is -0.970. The number of nitrogens with two attached hydrogens (primary N) is 1. The van der Waals surface area contributed by atoms with Crippen LogP contribution in [-0.2, 0) is 9.53 Å². The second-order valence-corrected chi connectivity index (χ2v) is 3.83. The second kappa shape index (κ2) is 5.39. The molecule has 2 N–H and O–H groups in total. The lowest BCUT2D eigenvalue weighted by Crippen LogP contribution is -2.22. The lowest BCUT2D eigenvalue weighted by Gasteiger charge is -2.12. The van der Waals surface area contributed by atoms with E-state index in [1.54, 1.807) is 0 Å². The van der Waals surface area contributed by atoms with Crippen molar-refractivity contribution in [1.82, 2.24) is 0 Å². The summed E-state index contributed by atoms with van der Waals surface area (Å²) in [6.45, 7) is 0. The van der Waals surface area contributed by atoms with E-state index in [4.69, 9.17) is 33.7 Å². The number of hydrogen-bond acceptors (Lipinski definition) is 4. The van der Waals surface area contributed by atoms with Gasteiger partial charge < -0.3 is 15.2 Å². The number of rotatable bonds is 3. The smallest absolute Gasteiger partial charge is 0.327 e. The normalized spacial score (nSPS) is 12.1. The molecule has 1 aromatic rings. The van der Waals surface area contributed by atoms with Crippen LogP contribution in [0.1, 0.15) is 11.6 Å². The van der Waals surface area contributed by atoms with Gasteiger partial charge in [0, 0.05) is 0 Å². The minimum atomic E-state index is -0.911. The van der Waals surface area contributed by atoms with Crippen molar-refractivity contribution in [2.75, 3.05) is 14.2 Å². The van der Waals surface area contributed by atoms with Crippen LogP contribution in [0.5, 0.6) is 5.75 Å². The first-order valence-corrected chi connectivity index (χ1v) is 5.13. The molecule has 16 heavy (non-hydrogen) atoms. The number of halogens is 2. The monoisotopic (exact) mass is 263 g/mol. The Balaban J connectivity index is 3.13. The van der Waals surface area contributed by atoms with Crippen molar-refractivity contribution >= 4 is 29.2 Å². The van der Waals surface area contributed by atoms with Crippen LogP contribution in [0.4, 0.5) is 0 Å². The fraction of sp³-hybridized carbons (Fsp3) is 0.300. The average molecular weight is 264 g/mol. The van der Waals surface area contributed by atoms with Crippen molar-refractivity contribution in [3.63, 3.8) is 0 Å². The van der Waals surface area contributed by atoms with Crippen molar-refractivity contribution in [3.8, 4) is 5.75 Å². The molecule has 0 amide bonds. The predicted octanol–water partition coefficient (Wildman–Crippen LogP) is 2.17. The summed E-state index contributed by atoms with van der Waals surface area (Å²) in [5.74, 6) is -0.207. The maximum absolute atomic E-state index is 11.2. The number of benzene rings is 1. The van der Waals surface area contributed by atoms with Crippen molar-refractivity contribution in [1.29, 1.82) is 0 Å². The molecule has 0 unspecified atom stereocenters. The molecule has 0 bridgehead atoms. The first-order chi connectivity index (χ1) is 7.51. The molecule has 0 saturated heterocycles. The highest BCUT2D eigenvalue weighted by Gasteiger charge is 2.19. The Labute approximate surface area is 103 Å². The van der Waals surface area contributed by atoms with Crippen molar-refractivity contribution in [2.45, 2.75) is 6.04 Å². The number of ether oxygens (including phenoxy) is 2. The predicted molar refractivity (Wildman–Crippen MR) is 62.0 cm³/mol. The quantitative estimate of drug-likeness (QED) is 0.850. The van der Waals surface area contributed by atoms with Gasteiger partial charge in [0.25, 0.3) is 0 Å². The molecule has 0 fully saturated rings. The van der Waals surface area contributed by atoms with Gasteiger partial charge in [0.15, 0.2) is 5.75 Å². The molecule has 6 heteroatoms. The highest BCUT2D eigenvalue weighted by Crippen LogP contribution is 2.35. The standard InChI is InChI=1S/C10H11Cl2NO3/c1-15-9-6(11)3-5(4-7(9)12)8(13)10(14)16-2/h3-4,8H,13H2,1-2H3/t8-/m1/s1. The largest absolute Gasteiger partial charge is 0.494 e. The second-order valence-electron chi connectivity index (χ2n) is 3.02. The number of hydrogen-bond donors (Lipinski definition) is 1. The third-order valence-corrected chi connectivity index (χ3v) is 2.60. The summed E-state index contributed by atoms with van der Waals surface area (Å²) in [5.41, 5.74) is 6.12. The lowest BCUT2D eigenvalue weighted by atomic mass is 10.1. The van der Waals surface area contributed by atoms with Gasteiger partial charge in [-0.05, 0) is 17.7 Å². The van der Waals surface area contributed by atoms with Gasteiger partial charge in [0.1, 0.15) is 6.04 Å². The van der Waals surface area contributed by atoms with E-state index >= 15 is 0 Å². The van der Waals surface area contributed by atoms with Crippen LogP contribution in [0.25, 0.3) is 0 Å². The molecule has 0 spiro atoms. The Bertz CT molecular complexity index is 386. The van der Waals surface area contributed by atoms with E-state index < -0.39 is 12.0 Å². The number of esters is 1. The average Bonchev–Trinajstić information content (AvgIpc) is 2.26. The zero-order valence-corrected chi connectivity index (χ0v) is 10.3. The van der Waals surface area contributed by atoms with Crippen LogP contribution >= 0.6 is 23.2 Å². The molecular weight excluding hydrogens is 253 g/mol. The van der Waals surface area contributed by atoms with Gasteiger partial charge in [0.05, 0.1) is 24.3 Å². The molecule has 0 saturated carbocycles. The first kappa shape index (κ1) is 13.1. The summed E-state index contributed by atoms with van der Waals surface area (Å²) < 4.78 is 9.50. The van der Waals surface area contributed by atoms with Crippen LogP contribution < -0.4 is 10.5 Å². The molecule has 0 radical (unpaired) electrons. The van der Waals surface area contributed by atoms with Gasteiger partial charge in [-0.2, -0.15) is 0 Å². The summed E-state index contributed by atoms with van der Waals surface area (Å²) >= 11 is 11.8.